The van der Waals surface area contributed by atoms with E-state index in [1.807, 2.05) is 0 Å². The highest BCUT2D eigenvalue weighted by molar-refractivity contribution is 7.89. The summed E-state index contributed by atoms with van der Waals surface area (Å²) in [6.45, 7) is 1.78. The van der Waals surface area contributed by atoms with E-state index in [4.69, 9.17) is 4.18 Å². The Morgan fingerprint density at radius 2 is 1.96 bits per heavy atom. The summed E-state index contributed by atoms with van der Waals surface area (Å²) in [6, 6.07) is 5.45. The van der Waals surface area contributed by atoms with Gasteiger partial charge in [-0.1, -0.05) is 0 Å². The highest BCUT2D eigenvalue weighted by Crippen LogP contribution is 2.26. The van der Waals surface area contributed by atoms with Gasteiger partial charge in [-0.15, -0.1) is 11.3 Å². The number of thiophene rings is 1. The number of carbonyl (C=O) groups is 1. The first-order chi connectivity index (χ1) is 10.8. The van der Waals surface area contributed by atoms with E-state index in [1.54, 1.807) is 6.07 Å². The van der Waals surface area contributed by atoms with Crippen molar-refractivity contribution in [2.75, 3.05) is 6.54 Å². The SMILES string of the molecule is CC(=O)NCCc1ccc(S(=O)(=O)Oc2ccc(F)c(F)c2)s1. The predicted octanol–water partition coefficient (Wildman–Crippen LogP) is 2.47. The van der Waals surface area contributed by atoms with Gasteiger partial charge in [-0.05, 0) is 30.7 Å². The van der Waals surface area contributed by atoms with E-state index in [0.29, 0.717) is 19.0 Å². The van der Waals surface area contributed by atoms with Gasteiger partial charge < -0.3 is 9.50 Å². The molecule has 0 aliphatic heterocycles. The standard InChI is InChI=1S/C14H13F2NO4S2/c1-9(18)17-7-6-11-3-5-14(22-11)23(19,20)21-10-2-4-12(15)13(16)8-10/h2-5,8H,6-7H2,1H3,(H,17,18). The van der Waals surface area contributed by atoms with Crippen LogP contribution in [0.2, 0.25) is 0 Å². The second-order valence-corrected chi connectivity index (χ2v) is 7.51. The van der Waals surface area contributed by atoms with Crippen molar-refractivity contribution in [2.45, 2.75) is 17.6 Å². The molecule has 124 valence electrons. The molecular formula is C14H13F2NO4S2. The molecule has 0 aliphatic carbocycles. The van der Waals surface area contributed by atoms with Crippen LogP contribution in [0.1, 0.15) is 11.8 Å². The molecule has 0 radical (unpaired) electrons. The van der Waals surface area contributed by atoms with Crippen molar-refractivity contribution in [1.29, 1.82) is 0 Å². The molecular weight excluding hydrogens is 348 g/mol. The molecule has 0 saturated heterocycles. The van der Waals surface area contributed by atoms with Crippen LogP contribution < -0.4 is 9.50 Å². The van der Waals surface area contributed by atoms with Crippen molar-refractivity contribution in [1.82, 2.24) is 5.32 Å². The fourth-order valence-electron chi connectivity index (χ4n) is 1.69. The first-order valence-electron chi connectivity index (χ1n) is 6.50. The van der Waals surface area contributed by atoms with E-state index >= 15 is 0 Å². The normalized spacial score (nSPS) is 11.3. The number of hydrogen-bond acceptors (Lipinski definition) is 5. The number of benzene rings is 1. The fraction of sp³-hybridized carbons (Fsp3) is 0.214. The zero-order valence-electron chi connectivity index (χ0n) is 12.0. The molecule has 1 heterocycles. The molecule has 0 aliphatic rings. The summed E-state index contributed by atoms with van der Waals surface area (Å²) >= 11 is 0.986. The Bertz CT molecular complexity index is 818. The number of halogens is 2. The topological polar surface area (TPSA) is 72.5 Å². The molecule has 1 aromatic heterocycles. The smallest absolute Gasteiger partial charge is 0.348 e. The van der Waals surface area contributed by atoms with Crippen molar-refractivity contribution in [2.24, 2.45) is 0 Å². The maximum Gasteiger partial charge on any atom is 0.348 e. The third kappa shape index (κ3) is 4.73. The van der Waals surface area contributed by atoms with Crippen LogP contribution in [0.5, 0.6) is 5.75 Å². The Hall–Kier alpha value is -2.00. The van der Waals surface area contributed by atoms with Crippen LogP contribution in [0.25, 0.3) is 0 Å². The van der Waals surface area contributed by atoms with Crippen LogP contribution in [-0.4, -0.2) is 20.9 Å². The number of carbonyl (C=O) groups excluding carboxylic acids is 1. The Kier molecular flexibility index (Phi) is 5.32. The fourth-order valence-corrected chi connectivity index (χ4v) is 3.93. The highest BCUT2D eigenvalue weighted by Gasteiger charge is 2.20. The van der Waals surface area contributed by atoms with Gasteiger partial charge in [-0.2, -0.15) is 8.42 Å². The quantitative estimate of drug-likeness (QED) is 0.803. The zero-order valence-corrected chi connectivity index (χ0v) is 13.6. The predicted molar refractivity (Wildman–Crippen MR) is 80.9 cm³/mol. The molecule has 0 atom stereocenters. The summed E-state index contributed by atoms with van der Waals surface area (Å²) in [6.07, 6.45) is 0.477. The molecule has 9 heteroatoms. The summed E-state index contributed by atoms with van der Waals surface area (Å²) in [5.41, 5.74) is 0. The largest absolute Gasteiger partial charge is 0.378 e. The third-order valence-electron chi connectivity index (χ3n) is 2.73. The van der Waals surface area contributed by atoms with Gasteiger partial charge in [-0.3, -0.25) is 4.79 Å². The van der Waals surface area contributed by atoms with Crippen molar-refractivity contribution < 1.29 is 26.2 Å². The highest BCUT2D eigenvalue weighted by atomic mass is 32.3. The molecule has 23 heavy (non-hydrogen) atoms. The molecule has 0 bridgehead atoms. The minimum atomic E-state index is -4.12. The summed E-state index contributed by atoms with van der Waals surface area (Å²) in [5.74, 6) is -2.76. The van der Waals surface area contributed by atoms with Gasteiger partial charge in [0.15, 0.2) is 15.8 Å². The van der Waals surface area contributed by atoms with Crippen LogP contribution >= 0.6 is 11.3 Å². The van der Waals surface area contributed by atoms with Crippen molar-refractivity contribution in [3.05, 3.63) is 46.8 Å². The van der Waals surface area contributed by atoms with Gasteiger partial charge in [0.2, 0.25) is 5.91 Å². The molecule has 0 saturated carbocycles. The Balaban J connectivity index is 2.08. The monoisotopic (exact) mass is 361 g/mol. The molecule has 2 aromatic rings. The summed E-state index contributed by atoms with van der Waals surface area (Å²) in [4.78, 5) is 11.5. The molecule has 0 fully saturated rings. The lowest BCUT2D eigenvalue weighted by atomic mass is 10.3. The van der Waals surface area contributed by atoms with E-state index in [1.165, 1.54) is 13.0 Å². The minimum Gasteiger partial charge on any atom is -0.378 e. The van der Waals surface area contributed by atoms with Crippen LogP contribution in [0.15, 0.2) is 34.5 Å². The Morgan fingerprint density at radius 3 is 2.61 bits per heavy atom. The zero-order chi connectivity index (χ0) is 17.0. The number of hydrogen-bond donors (Lipinski definition) is 1. The summed E-state index contributed by atoms with van der Waals surface area (Å²) < 4.78 is 54.8. The number of amides is 1. The first kappa shape index (κ1) is 17.4. The lowest BCUT2D eigenvalue weighted by molar-refractivity contribution is -0.118. The second-order valence-electron chi connectivity index (χ2n) is 4.57. The third-order valence-corrected chi connectivity index (χ3v) is 5.57. The summed E-state index contributed by atoms with van der Waals surface area (Å²) in [5, 5.41) is 2.60. The van der Waals surface area contributed by atoms with E-state index in [-0.39, 0.29) is 15.9 Å². The van der Waals surface area contributed by atoms with Gasteiger partial charge in [0, 0.05) is 24.4 Å². The average molecular weight is 361 g/mol. The lowest BCUT2D eigenvalue weighted by Crippen LogP contribution is -2.22. The molecule has 1 N–H and O–H groups in total. The summed E-state index contributed by atoms with van der Waals surface area (Å²) in [7, 11) is -4.12. The molecule has 0 spiro atoms. The molecule has 5 nitrogen and oxygen atoms in total. The van der Waals surface area contributed by atoms with Gasteiger partial charge in [-0.25, -0.2) is 8.78 Å². The van der Waals surface area contributed by atoms with Crippen molar-refractivity contribution in [3.63, 3.8) is 0 Å². The van der Waals surface area contributed by atoms with Crippen LogP contribution in [0, 0.1) is 11.6 Å². The average Bonchev–Trinajstić information content (AvgIpc) is 2.92. The Morgan fingerprint density at radius 1 is 1.22 bits per heavy atom. The van der Waals surface area contributed by atoms with Gasteiger partial charge in [0.1, 0.15) is 5.75 Å². The van der Waals surface area contributed by atoms with E-state index in [9.17, 15) is 22.0 Å². The van der Waals surface area contributed by atoms with E-state index < -0.39 is 21.8 Å². The van der Waals surface area contributed by atoms with Crippen LogP contribution in [-0.2, 0) is 21.3 Å². The number of rotatable bonds is 6. The van der Waals surface area contributed by atoms with Crippen molar-refractivity contribution in [3.8, 4) is 5.75 Å². The van der Waals surface area contributed by atoms with Crippen LogP contribution in [0.3, 0.4) is 0 Å². The number of nitrogens with one attached hydrogen (secondary N) is 1. The molecule has 0 unspecified atom stereocenters. The van der Waals surface area contributed by atoms with E-state index in [2.05, 4.69) is 5.32 Å². The molecule has 2 rings (SSSR count). The molecule has 1 amide bonds. The van der Waals surface area contributed by atoms with Gasteiger partial charge >= 0.3 is 10.1 Å². The van der Waals surface area contributed by atoms with Gasteiger partial charge in [0.05, 0.1) is 0 Å². The minimum absolute atomic E-state index is 0.0555. The maximum atomic E-state index is 13.1. The van der Waals surface area contributed by atoms with Crippen LogP contribution in [0.4, 0.5) is 8.78 Å². The second kappa shape index (κ2) is 7.05. The van der Waals surface area contributed by atoms with E-state index in [0.717, 1.165) is 28.3 Å². The van der Waals surface area contributed by atoms with Crippen molar-refractivity contribution >= 4 is 27.4 Å². The Labute approximate surface area is 136 Å². The first-order valence-corrected chi connectivity index (χ1v) is 8.73. The lowest BCUT2D eigenvalue weighted by Gasteiger charge is -2.05. The van der Waals surface area contributed by atoms with Gasteiger partial charge in [0.25, 0.3) is 0 Å². The molecule has 1 aromatic carbocycles. The maximum absolute atomic E-state index is 13.1.